The molecule has 0 aromatic heterocycles. The molecule has 0 aliphatic carbocycles. The van der Waals surface area contributed by atoms with Gasteiger partial charge in [-0.1, -0.05) is 12.8 Å². The lowest BCUT2D eigenvalue weighted by atomic mass is 9.74. The zero-order chi connectivity index (χ0) is 16.5. The summed E-state index contributed by atoms with van der Waals surface area (Å²) in [5, 5.41) is 14.8. The molecule has 0 radical (unpaired) electrons. The van der Waals surface area contributed by atoms with Gasteiger partial charge in [-0.25, -0.2) is 4.79 Å². The molecule has 0 aromatic carbocycles. The van der Waals surface area contributed by atoms with Crippen molar-refractivity contribution in [2.24, 2.45) is 5.41 Å². The average Bonchev–Trinajstić information content (AvgIpc) is 2.36. The summed E-state index contributed by atoms with van der Waals surface area (Å²) in [4.78, 5) is 23.1. The highest BCUT2D eigenvalue weighted by molar-refractivity contribution is 7.98. The number of carboxylic acids is 1. The van der Waals surface area contributed by atoms with Crippen LogP contribution in [0.5, 0.6) is 0 Å². The minimum absolute atomic E-state index is 0.307. The van der Waals surface area contributed by atoms with Crippen molar-refractivity contribution >= 4 is 23.8 Å². The van der Waals surface area contributed by atoms with E-state index in [1.807, 2.05) is 11.8 Å². The Kier molecular flexibility index (Phi) is 8.78. The topological polar surface area (TPSA) is 78.4 Å². The second-order valence-electron chi connectivity index (χ2n) is 6.34. The molecule has 0 aromatic rings. The maximum absolute atomic E-state index is 11.8. The van der Waals surface area contributed by atoms with Gasteiger partial charge in [-0.15, -0.1) is 0 Å². The average molecular weight is 318 g/mol. The van der Waals surface area contributed by atoms with Gasteiger partial charge in [0, 0.05) is 6.54 Å². The van der Waals surface area contributed by atoms with Crippen LogP contribution in [0.25, 0.3) is 0 Å². The molecule has 0 aliphatic rings. The maximum atomic E-state index is 11.8. The van der Waals surface area contributed by atoms with Gasteiger partial charge >= 0.3 is 12.0 Å². The van der Waals surface area contributed by atoms with E-state index >= 15 is 0 Å². The lowest BCUT2D eigenvalue weighted by molar-refractivity contribution is -0.150. The summed E-state index contributed by atoms with van der Waals surface area (Å²) in [5.41, 5.74) is -1.87. The van der Waals surface area contributed by atoms with Gasteiger partial charge in [0.15, 0.2) is 0 Å². The first kappa shape index (κ1) is 20.1. The fourth-order valence-electron chi connectivity index (χ4n) is 1.68. The molecule has 0 atom stereocenters. The van der Waals surface area contributed by atoms with E-state index in [-0.39, 0.29) is 6.03 Å². The van der Waals surface area contributed by atoms with Gasteiger partial charge in [-0.05, 0) is 52.5 Å². The normalized spacial score (nSPS) is 12.0. The quantitative estimate of drug-likeness (QED) is 0.541. The van der Waals surface area contributed by atoms with E-state index in [9.17, 15) is 14.7 Å². The number of hydrogen-bond donors (Lipinski definition) is 3. The summed E-state index contributed by atoms with van der Waals surface area (Å²) >= 11 is 1.85. The number of carboxylic acid groups (broad SMARTS) is 1. The van der Waals surface area contributed by atoms with Crippen LogP contribution in [-0.4, -0.2) is 41.2 Å². The molecule has 21 heavy (non-hydrogen) atoms. The molecular weight excluding hydrogens is 288 g/mol. The third-order valence-electron chi connectivity index (χ3n) is 4.08. The number of carbonyl (C=O) groups is 2. The maximum Gasteiger partial charge on any atom is 0.315 e. The third-order valence-corrected chi connectivity index (χ3v) is 4.78. The fourth-order valence-corrected chi connectivity index (χ4v) is 2.17. The molecule has 0 aliphatic heterocycles. The second kappa shape index (κ2) is 9.18. The van der Waals surface area contributed by atoms with E-state index in [0.29, 0.717) is 6.54 Å². The van der Waals surface area contributed by atoms with E-state index in [4.69, 9.17) is 0 Å². The summed E-state index contributed by atoms with van der Waals surface area (Å²) in [6, 6.07) is -0.307. The van der Waals surface area contributed by atoms with Crippen molar-refractivity contribution in [3.8, 4) is 0 Å². The summed E-state index contributed by atoms with van der Waals surface area (Å²) in [5.74, 6) is 0.258. The number of hydrogen-bond acceptors (Lipinski definition) is 3. The first-order chi connectivity index (χ1) is 9.65. The molecule has 0 rings (SSSR count). The Balaban J connectivity index is 4.01. The molecule has 0 heterocycles. The summed E-state index contributed by atoms with van der Waals surface area (Å²) in [7, 11) is 0. The molecule has 0 fully saturated rings. The number of nitrogens with one attached hydrogen (secondary N) is 2. The van der Waals surface area contributed by atoms with Gasteiger partial charge in [-0.2, -0.15) is 11.8 Å². The largest absolute Gasteiger partial charge is 0.481 e. The van der Waals surface area contributed by atoms with Gasteiger partial charge in [0.2, 0.25) is 0 Å². The van der Waals surface area contributed by atoms with Crippen LogP contribution in [-0.2, 0) is 4.79 Å². The van der Waals surface area contributed by atoms with Gasteiger partial charge in [0.05, 0.1) is 11.0 Å². The van der Waals surface area contributed by atoms with E-state index in [1.54, 1.807) is 27.7 Å². The standard InChI is InChI=1S/C15H30N2O3S/c1-14(2,12(18)19)15(3,4)17-13(20)16-10-8-6-7-9-11-21-5/h6-11H2,1-5H3,(H,18,19)(H2,16,17,20). The lowest BCUT2D eigenvalue weighted by Gasteiger charge is -2.38. The molecule has 124 valence electrons. The highest BCUT2D eigenvalue weighted by Crippen LogP contribution is 2.30. The van der Waals surface area contributed by atoms with Crippen LogP contribution in [0.1, 0.15) is 53.4 Å². The Morgan fingerprint density at radius 1 is 1.05 bits per heavy atom. The summed E-state index contributed by atoms with van der Waals surface area (Å²) in [6.07, 6.45) is 6.55. The molecule has 2 amide bonds. The number of urea groups is 1. The zero-order valence-corrected chi connectivity index (χ0v) is 14.7. The van der Waals surface area contributed by atoms with Crippen molar-refractivity contribution < 1.29 is 14.7 Å². The molecule has 6 heteroatoms. The van der Waals surface area contributed by atoms with Gasteiger partial charge in [-0.3, -0.25) is 4.79 Å². The van der Waals surface area contributed by atoms with Gasteiger partial charge < -0.3 is 15.7 Å². The van der Waals surface area contributed by atoms with Crippen LogP contribution in [0.3, 0.4) is 0 Å². The van der Waals surface area contributed by atoms with Crippen LogP contribution in [0.15, 0.2) is 0 Å². The zero-order valence-electron chi connectivity index (χ0n) is 13.9. The Morgan fingerprint density at radius 2 is 1.62 bits per heavy atom. The second-order valence-corrected chi connectivity index (χ2v) is 7.33. The van der Waals surface area contributed by atoms with Crippen LogP contribution in [0, 0.1) is 5.41 Å². The molecule has 3 N–H and O–H groups in total. The Morgan fingerprint density at radius 3 is 2.14 bits per heavy atom. The molecule has 0 saturated heterocycles. The molecule has 0 spiro atoms. The summed E-state index contributed by atoms with van der Waals surface area (Å²) < 4.78 is 0. The van der Waals surface area contributed by atoms with E-state index in [1.165, 1.54) is 18.6 Å². The van der Waals surface area contributed by atoms with Crippen LogP contribution >= 0.6 is 11.8 Å². The van der Waals surface area contributed by atoms with Crippen LogP contribution in [0.4, 0.5) is 4.79 Å². The Bertz CT molecular complexity index is 344. The highest BCUT2D eigenvalue weighted by atomic mass is 32.2. The number of unbranched alkanes of at least 4 members (excludes halogenated alkanes) is 3. The summed E-state index contributed by atoms with van der Waals surface area (Å²) in [6.45, 7) is 7.30. The minimum atomic E-state index is -1.04. The Hall–Kier alpha value is -0.910. The molecular formula is C15H30N2O3S. The number of thioether (sulfide) groups is 1. The van der Waals surface area contributed by atoms with E-state index in [0.717, 1.165) is 12.8 Å². The highest BCUT2D eigenvalue weighted by Gasteiger charge is 2.44. The predicted molar refractivity (Wildman–Crippen MR) is 88.9 cm³/mol. The first-order valence-corrected chi connectivity index (χ1v) is 8.83. The van der Waals surface area contributed by atoms with Crippen molar-refractivity contribution in [3.63, 3.8) is 0 Å². The molecule has 0 saturated carbocycles. The van der Waals surface area contributed by atoms with Crippen LogP contribution < -0.4 is 10.6 Å². The first-order valence-electron chi connectivity index (χ1n) is 7.43. The van der Waals surface area contributed by atoms with E-state index in [2.05, 4.69) is 16.9 Å². The molecule has 0 bridgehead atoms. The van der Waals surface area contributed by atoms with Crippen molar-refractivity contribution in [1.82, 2.24) is 10.6 Å². The van der Waals surface area contributed by atoms with Gasteiger partial charge in [0.1, 0.15) is 0 Å². The minimum Gasteiger partial charge on any atom is -0.481 e. The van der Waals surface area contributed by atoms with Crippen LogP contribution in [0.2, 0.25) is 0 Å². The smallest absolute Gasteiger partial charge is 0.315 e. The van der Waals surface area contributed by atoms with Crippen molar-refractivity contribution in [1.29, 1.82) is 0 Å². The number of aliphatic carboxylic acids is 1. The fraction of sp³-hybridized carbons (Fsp3) is 0.867. The van der Waals surface area contributed by atoms with Crippen molar-refractivity contribution in [3.05, 3.63) is 0 Å². The monoisotopic (exact) mass is 318 g/mol. The van der Waals surface area contributed by atoms with E-state index < -0.39 is 16.9 Å². The molecule has 5 nitrogen and oxygen atoms in total. The Labute approximate surface area is 132 Å². The lowest BCUT2D eigenvalue weighted by Crippen LogP contribution is -2.59. The predicted octanol–water partition coefficient (Wildman–Crippen LogP) is 3.10. The van der Waals surface area contributed by atoms with Crippen molar-refractivity contribution in [2.45, 2.75) is 58.9 Å². The number of amides is 2. The SMILES string of the molecule is CSCCCCCCNC(=O)NC(C)(C)C(C)(C)C(=O)O. The van der Waals surface area contributed by atoms with Crippen molar-refractivity contribution in [2.75, 3.05) is 18.6 Å². The van der Waals surface area contributed by atoms with Gasteiger partial charge in [0.25, 0.3) is 0 Å². The number of carbonyl (C=O) groups excluding carboxylic acids is 1. The third kappa shape index (κ3) is 7.07. The molecule has 0 unspecified atom stereocenters. The number of rotatable bonds is 10.